The number of hydrazone groups is 1. The summed E-state index contributed by atoms with van der Waals surface area (Å²) >= 11 is 0. The minimum Gasteiger partial charge on any atom is -0.497 e. The van der Waals surface area contributed by atoms with E-state index in [0.717, 1.165) is 29.1 Å². The Kier molecular flexibility index (Phi) is 4.24. The van der Waals surface area contributed by atoms with Crippen LogP contribution in [0, 0.1) is 0 Å². The first-order valence-corrected chi connectivity index (χ1v) is 7.58. The highest BCUT2D eigenvalue weighted by atomic mass is 16.5. The summed E-state index contributed by atoms with van der Waals surface area (Å²) in [6, 6.07) is 20.5. The second-order valence-electron chi connectivity index (χ2n) is 5.21. The average molecular weight is 292 g/mol. The van der Waals surface area contributed by atoms with Gasteiger partial charge < -0.3 is 4.74 Å². The molecule has 1 heterocycles. The van der Waals surface area contributed by atoms with Gasteiger partial charge in [-0.3, -0.25) is 5.01 Å². The lowest BCUT2D eigenvalue weighted by atomic mass is 10.0. The predicted molar refractivity (Wildman–Crippen MR) is 91.1 cm³/mol. The fraction of sp³-hybridized carbons (Fsp3) is 0.211. The fourth-order valence-electron chi connectivity index (χ4n) is 2.67. The van der Waals surface area contributed by atoms with Crippen molar-refractivity contribution in [1.82, 2.24) is 0 Å². The molecule has 0 aliphatic carbocycles. The normalized spacial score (nSPS) is 17.2. The summed E-state index contributed by atoms with van der Waals surface area (Å²) < 4.78 is 5.65. The van der Waals surface area contributed by atoms with E-state index >= 15 is 0 Å². The van der Waals surface area contributed by atoms with Gasteiger partial charge in [0.15, 0.2) is 0 Å². The van der Waals surface area contributed by atoms with E-state index in [1.165, 1.54) is 0 Å². The van der Waals surface area contributed by atoms with Crippen molar-refractivity contribution >= 4 is 11.4 Å². The maximum Gasteiger partial charge on any atom is 0.115 e. The lowest BCUT2D eigenvalue weighted by Gasteiger charge is -2.24. The van der Waals surface area contributed by atoms with Gasteiger partial charge >= 0.3 is 0 Å². The molecule has 1 aliphatic rings. The van der Waals surface area contributed by atoms with E-state index in [4.69, 9.17) is 9.84 Å². The molecule has 0 bridgehead atoms. The molecule has 0 unspecified atom stereocenters. The van der Waals surface area contributed by atoms with Crippen LogP contribution in [0.25, 0.3) is 0 Å². The zero-order valence-electron chi connectivity index (χ0n) is 12.8. The molecule has 0 spiro atoms. The van der Waals surface area contributed by atoms with Gasteiger partial charge in [-0.2, -0.15) is 5.10 Å². The second-order valence-corrected chi connectivity index (χ2v) is 5.21. The molecule has 112 valence electrons. The Bertz CT molecular complexity index is 664. The first kappa shape index (κ1) is 14.4. The Labute approximate surface area is 131 Å². The van der Waals surface area contributed by atoms with Gasteiger partial charge in [-0.25, -0.2) is 0 Å². The Morgan fingerprint density at radius 3 is 2.41 bits per heavy atom. The number of hydrogen-bond donors (Lipinski definition) is 0. The largest absolute Gasteiger partial charge is 0.497 e. The molecule has 2 aromatic carbocycles. The van der Waals surface area contributed by atoms with Gasteiger partial charge in [-0.1, -0.05) is 55.1 Å². The van der Waals surface area contributed by atoms with Gasteiger partial charge in [-0.05, 0) is 24.6 Å². The first-order valence-electron chi connectivity index (χ1n) is 7.58. The molecule has 0 saturated carbocycles. The van der Waals surface area contributed by atoms with Gasteiger partial charge in [0.1, 0.15) is 11.8 Å². The molecule has 3 nitrogen and oxygen atoms in total. The molecule has 1 aliphatic heterocycles. The Hall–Kier alpha value is -2.55. The summed E-state index contributed by atoms with van der Waals surface area (Å²) in [5.74, 6) is 0.765. The van der Waals surface area contributed by atoms with E-state index in [0.29, 0.717) is 6.61 Å². The monoisotopic (exact) mass is 292 g/mol. The summed E-state index contributed by atoms with van der Waals surface area (Å²) in [5.41, 5.74) is 3.27. The van der Waals surface area contributed by atoms with Crippen molar-refractivity contribution in [3.8, 4) is 0 Å². The standard InChI is InChI=1S/C19H20N2O/c1-3-22-15(2)19-14-18(16-10-6-4-7-11-16)20-21(19)17-12-8-5-9-13-17/h4-13,19H,2-3,14H2,1H3/t19-/m1/s1. The van der Waals surface area contributed by atoms with Gasteiger partial charge in [0.05, 0.1) is 18.0 Å². The molecule has 0 amide bonds. The number of hydrogen-bond acceptors (Lipinski definition) is 3. The van der Waals surface area contributed by atoms with Crippen molar-refractivity contribution in [3.63, 3.8) is 0 Å². The molecule has 0 N–H and O–H groups in total. The molecule has 1 atom stereocenters. The van der Waals surface area contributed by atoms with Crippen LogP contribution in [0.2, 0.25) is 0 Å². The van der Waals surface area contributed by atoms with Gasteiger partial charge in [-0.15, -0.1) is 0 Å². The molecule has 0 saturated heterocycles. The smallest absolute Gasteiger partial charge is 0.115 e. The highest BCUT2D eigenvalue weighted by Gasteiger charge is 2.31. The quantitative estimate of drug-likeness (QED) is 0.771. The SMILES string of the molecule is C=C(OCC)[C@H]1CC(c2ccccc2)=NN1c1ccccc1. The third kappa shape index (κ3) is 2.89. The summed E-state index contributed by atoms with van der Waals surface area (Å²) in [6.45, 7) is 6.69. The van der Waals surface area contributed by atoms with Crippen LogP contribution >= 0.6 is 0 Å². The van der Waals surface area contributed by atoms with Crippen LogP contribution in [-0.4, -0.2) is 18.4 Å². The van der Waals surface area contributed by atoms with Crippen LogP contribution in [0.4, 0.5) is 5.69 Å². The number of anilines is 1. The van der Waals surface area contributed by atoms with Crippen molar-refractivity contribution in [1.29, 1.82) is 0 Å². The minimum absolute atomic E-state index is 0.0394. The van der Waals surface area contributed by atoms with Crippen molar-refractivity contribution in [2.24, 2.45) is 5.10 Å². The fourth-order valence-corrected chi connectivity index (χ4v) is 2.67. The first-order chi connectivity index (χ1) is 10.8. The van der Waals surface area contributed by atoms with E-state index < -0.39 is 0 Å². The molecule has 3 heteroatoms. The molecule has 0 fully saturated rings. The summed E-state index contributed by atoms with van der Waals surface area (Å²) in [7, 11) is 0. The molecular formula is C19H20N2O. The highest BCUT2D eigenvalue weighted by Crippen LogP contribution is 2.30. The maximum absolute atomic E-state index is 5.65. The van der Waals surface area contributed by atoms with E-state index in [1.807, 2.05) is 48.3 Å². The number of benzene rings is 2. The third-order valence-corrected chi connectivity index (χ3v) is 3.74. The molecular weight excluding hydrogens is 272 g/mol. The molecule has 0 aromatic heterocycles. The zero-order valence-corrected chi connectivity index (χ0v) is 12.8. The van der Waals surface area contributed by atoms with E-state index in [-0.39, 0.29) is 6.04 Å². The van der Waals surface area contributed by atoms with Gasteiger partial charge in [0, 0.05) is 6.42 Å². The van der Waals surface area contributed by atoms with Crippen molar-refractivity contribution < 1.29 is 4.74 Å². The van der Waals surface area contributed by atoms with Crippen LogP contribution in [0.1, 0.15) is 18.9 Å². The summed E-state index contributed by atoms with van der Waals surface area (Å²) in [4.78, 5) is 0. The highest BCUT2D eigenvalue weighted by molar-refractivity contribution is 6.03. The zero-order chi connectivity index (χ0) is 15.4. The molecule has 22 heavy (non-hydrogen) atoms. The van der Waals surface area contributed by atoms with Crippen LogP contribution in [0.5, 0.6) is 0 Å². The minimum atomic E-state index is 0.0394. The number of ether oxygens (including phenoxy) is 1. The summed E-state index contributed by atoms with van der Waals surface area (Å²) in [5, 5.41) is 6.84. The van der Waals surface area contributed by atoms with Gasteiger partial charge in [0.2, 0.25) is 0 Å². The molecule has 2 aromatic rings. The lowest BCUT2D eigenvalue weighted by Crippen LogP contribution is -2.29. The number of rotatable bonds is 5. The maximum atomic E-state index is 5.65. The number of nitrogens with zero attached hydrogens (tertiary/aromatic N) is 2. The predicted octanol–water partition coefficient (Wildman–Crippen LogP) is 4.22. The van der Waals surface area contributed by atoms with E-state index in [2.05, 4.69) is 30.8 Å². The Balaban J connectivity index is 1.94. The van der Waals surface area contributed by atoms with Crippen LogP contribution in [0.15, 0.2) is 78.1 Å². The topological polar surface area (TPSA) is 24.8 Å². The van der Waals surface area contributed by atoms with Crippen molar-refractivity contribution in [2.75, 3.05) is 11.6 Å². The molecule has 3 rings (SSSR count). The van der Waals surface area contributed by atoms with E-state index in [1.54, 1.807) is 0 Å². The van der Waals surface area contributed by atoms with E-state index in [9.17, 15) is 0 Å². The van der Waals surface area contributed by atoms with Crippen molar-refractivity contribution in [2.45, 2.75) is 19.4 Å². The van der Waals surface area contributed by atoms with Gasteiger partial charge in [0.25, 0.3) is 0 Å². The Morgan fingerprint density at radius 2 is 1.77 bits per heavy atom. The lowest BCUT2D eigenvalue weighted by molar-refractivity contribution is 0.211. The number of para-hydroxylation sites is 1. The van der Waals surface area contributed by atoms with Crippen LogP contribution in [-0.2, 0) is 4.74 Å². The van der Waals surface area contributed by atoms with Crippen LogP contribution < -0.4 is 5.01 Å². The second kappa shape index (κ2) is 6.48. The summed E-state index contributed by atoms with van der Waals surface area (Å²) in [6.07, 6.45) is 0.803. The average Bonchev–Trinajstić information content (AvgIpc) is 3.02. The molecule has 0 radical (unpaired) electrons. The third-order valence-electron chi connectivity index (χ3n) is 3.74. The van der Waals surface area contributed by atoms with Crippen molar-refractivity contribution in [3.05, 3.63) is 78.6 Å². The Morgan fingerprint density at radius 1 is 1.14 bits per heavy atom. The van der Waals surface area contributed by atoms with Crippen LogP contribution in [0.3, 0.4) is 0 Å².